The highest BCUT2D eigenvalue weighted by atomic mass is 35.5. The van der Waals surface area contributed by atoms with Crippen molar-refractivity contribution in [3.8, 4) is 11.5 Å². The number of rotatable bonds is 6. The summed E-state index contributed by atoms with van der Waals surface area (Å²) in [5.41, 5.74) is -0.790. The standard InChI is InChI=1S/C29H18Cl2F5NO4/c1-2-15-10-11-28(30)26(39)37(25-23(35)21(33)20(32)22(34)24(25)36)27(40)29(28,31)19(15)17-9-8-16(12-18(17)38)41-13-14-6-4-3-5-7-14/h2-10,12,19,38H,1,11,13H2/t19-,28-,29+/m1/s1. The molecule has 2 amide bonds. The van der Waals surface area contributed by atoms with Gasteiger partial charge in [0.1, 0.15) is 23.8 Å². The van der Waals surface area contributed by atoms with E-state index in [0.717, 1.165) is 5.56 Å². The average molecular weight is 610 g/mol. The molecule has 41 heavy (non-hydrogen) atoms. The second kappa shape index (κ2) is 10.2. The Morgan fingerprint density at radius 3 is 2.15 bits per heavy atom. The minimum atomic E-state index is -2.59. The van der Waals surface area contributed by atoms with Crippen molar-refractivity contribution in [3.63, 3.8) is 0 Å². The maximum atomic E-state index is 14.8. The molecule has 0 unspecified atom stereocenters. The van der Waals surface area contributed by atoms with Crippen LogP contribution in [0.5, 0.6) is 11.5 Å². The van der Waals surface area contributed by atoms with E-state index in [0.29, 0.717) is 0 Å². The van der Waals surface area contributed by atoms with E-state index in [2.05, 4.69) is 6.58 Å². The number of phenols is 1. The molecule has 5 nitrogen and oxygen atoms in total. The highest BCUT2D eigenvalue weighted by molar-refractivity contribution is 6.58. The van der Waals surface area contributed by atoms with Crippen LogP contribution in [0.4, 0.5) is 27.6 Å². The molecule has 1 aliphatic heterocycles. The molecule has 1 N–H and O–H groups in total. The molecule has 1 fully saturated rings. The number of hydrogen-bond donors (Lipinski definition) is 1. The minimum Gasteiger partial charge on any atom is -0.508 e. The van der Waals surface area contributed by atoms with Crippen molar-refractivity contribution in [2.24, 2.45) is 0 Å². The molecular weight excluding hydrogens is 592 g/mol. The molecule has 0 spiro atoms. The SMILES string of the molecule is C=CC1=CC[C@@]2(Cl)C(=O)N(c3c(F)c(F)c(F)c(F)c3F)C(=O)[C@@]2(Cl)[C@H]1c1ccc(OCc2ccccc2)cc1O. The lowest BCUT2D eigenvalue weighted by Gasteiger charge is -2.42. The Bertz CT molecular complexity index is 1620. The number of aromatic hydroxyl groups is 1. The molecule has 5 rings (SSSR count). The zero-order valence-corrected chi connectivity index (χ0v) is 22.2. The van der Waals surface area contributed by atoms with Gasteiger partial charge in [0.25, 0.3) is 11.8 Å². The van der Waals surface area contributed by atoms with Crippen LogP contribution in [0, 0.1) is 29.1 Å². The van der Waals surface area contributed by atoms with E-state index in [1.165, 1.54) is 30.4 Å². The number of nitrogens with zero attached hydrogens (tertiary/aromatic N) is 1. The fraction of sp³-hybridized carbons (Fsp3) is 0.172. The van der Waals surface area contributed by atoms with Crippen LogP contribution >= 0.6 is 23.2 Å². The van der Waals surface area contributed by atoms with Gasteiger partial charge in [-0.3, -0.25) is 9.59 Å². The van der Waals surface area contributed by atoms with Crippen LogP contribution in [0.1, 0.15) is 23.5 Å². The van der Waals surface area contributed by atoms with Gasteiger partial charge in [-0.1, -0.05) is 55.1 Å². The van der Waals surface area contributed by atoms with Crippen molar-refractivity contribution in [3.05, 3.63) is 113 Å². The van der Waals surface area contributed by atoms with E-state index in [9.17, 15) is 36.6 Å². The highest BCUT2D eigenvalue weighted by Gasteiger charge is 2.74. The quantitative estimate of drug-likeness (QED) is 0.110. The fourth-order valence-electron chi connectivity index (χ4n) is 5.14. The number of carbonyl (C=O) groups is 2. The molecule has 3 atom stereocenters. The molecule has 0 aromatic heterocycles. The van der Waals surface area contributed by atoms with Gasteiger partial charge < -0.3 is 9.84 Å². The first-order valence-corrected chi connectivity index (χ1v) is 12.7. The topological polar surface area (TPSA) is 66.8 Å². The summed E-state index contributed by atoms with van der Waals surface area (Å²) >= 11 is 13.5. The molecule has 0 saturated carbocycles. The summed E-state index contributed by atoms with van der Waals surface area (Å²) in [6.07, 6.45) is 2.20. The average Bonchev–Trinajstić information content (AvgIpc) is 3.12. The maximum Gasteiger partial charge on any atom is 0.258 e. The monoisotopic (exact) mass is 609 g/mol. The van der Waals surface area contributed by atoms with Crippen molar-refractivity contribution >= 4 is 40.7 Å². The number of imide groups is 1. The third-order valence-electron chi connectivity index (χ3n) is 7.19. The first-order valence-electron chi connectivity index (χ1n) is 12.0. The Morgan fingerprint density at radius 1 is 0.951 bits per heavy atom. The van der Waals surface area contributed by atoms with Crippen LogP contribution in [0.3, 0.4) is 0 Å². The van der Waals surface area contributed by atoms with Gasteiger partial charge in [0.05, 0.1) is 0 Å². The van der Waals surface area contributed by atoms with Gasteiger partial charge in [0, 0.05) is 17.5 Å². The normalized spacial score (nSPS) is 23.8. The van der Waals surface area contributed by atoms with Crippen molar-refractivity contribution in [2.45, 2.75) is 28.7 Å². The zero-order chi connectivity index (χ0) is 29.9. The Morgan fingerprint density at radius 2 is 1.56 bits per heavy atom. The van der Waals surface area contributed by atoms with Gasteiger partial charge >= 0.3 is 0 Å². The molecular formula is C29H18Cl2F5NO4. The van der Waals surface area contributed by atoms with Gasteiger partial charge in [0.15, 0.2) is 33.0 Å². The number of hydrogen-bond acceptors (Lipinski definition) is 4. The summed E-state index contributed by atoms with van der Waals surface area (Å²) in [5, 5.41) is 11.0. The number of carbonyl (C=O) groups excluding carboxylic acids is 2. The molecule has 3 aromatic carbocycles. The number of fused-ring (bicyclic) bond motifs is 1. The van der Waals surface area contributed by atoms with Crippen molar-refractivity contribution in [2.75, 3.05) is 4.90 Å². The number of ether oxygens (including phenoxy) is 1. The van der Waals surface area contributed by atoms with Gasteiger partial charge in [-0.15, -0.1) is 23.2 Å². The predicted molar refractivity (Wildman–Crippen MR) is 140 cm³/mol. The summed E-state index contributed by atoms with van der Waals surface area (Å²) in [4.78, 5) is 22.1. The first kappa shape index (κ1) is 28.6. The number of halogens is 7. The molecule has 0 bridgehead atoms. The number of benzene rings is 3. The van der Waals surface area contributed by atoms with Gasteiger partial charge in [-0.2, -0.15) is 0 Å². The second-order valence-corrected chi connectivity index (χ2v) is 10.7. The number of anilines is 1. The van der Waals surface area contributed by atoms with Crippen LogP contribution in [0.2, 0.25) is 0 Å². The zero-order valence-electron chi connectivity index (χ0n) is 20.7. The van der Waals surface area contributed by atoms with Crippen molar-refractivity contribution in [1.82, 2.24) is 0 Å². The van der Waals surface area contributed by atoms with Gasteiger partial charge in [-0.05, 0) is 23.6 Å². The molecule has 12 heteroatoms. The Balaban J connectivity index is 1.61. The van der Waals surface area contributed by atoms with Gasteiger partial charge in [0.2, 0.25) is 5.82 Å². The van der Waals surface area contributed by atoms with Gasteiger partial charge in [-0.25, -0.2) is 26.9 Å². The lowest BCUT2D eigenvalue weighted by molar-refractivity contribution is -0.122. The summed E-state index contributed by atoms with van der Waals surface area (Å²) in [7, 11) is 0. The molecule has 2 aliphatic rings. The second-order valence-electron chi connectivity index (χ2n) is 9.42. The Kier molecular flexibility index (Phi) is 7.11. The van der Waals surface area contributed by atoms with Crippen LogP contribution in [0.15, 0.2) is 72.8 Å². The van der Waals surface area contributed by atoms with Crippen LogP contribution in [-0.2, 0) is 16.2 Å². The van der Waals surface area contributed by atoms with Crippen LogP contribution in [0.25, 0.3) is 0 Å². The van der Waals surface area contributed by atoms with E-state index in [-0.39, 0.29) is 28.4 Å². The van der Waals surface area contributed by atoms with E-state index in [1.54, 1.807) is 0 Å². The smallest absolute Gasteiger partial charge is 0.258 e. The molecule has 212 valence electrons. The van der Waals surface area contributed by atoms with Crippen molar-refractivity contribution < 1.29 is 41.4 Å². The first-order chi connectivity index (χ1) is 19.4. The lowest BCUT2D eigenvalue weighted by atomic mass is 9.68. The molecule has 1 aliphatic carbocycles. The van der Waals surface area contributed by atoms with E-state index in [1.807, 2.05) is 30.3 Å². The lowest BCUT2D eigenvalue weighted by Crippen LogP contribution is -2.54. The summed E-state index contributed by atoms with van der Waals surface area (Å²) < 4.78 is 77.0. The van der Waals surface area contributed by atoms with E-state index in [4.69, 9.17) is 27.9 Å². The predicted octanol–water partition coefficient (Wildman–Crippen LogP) is 6.80. The summed E-state index contributed by atoms with van der Waals surface area (Å²) in [5.74, 6) is -16.8. The van der Waals surface area contributed by atoms with Crippen LogP contribution < -0.4 is 9.64 Å². The Hall–Kier alpha value is -3.89. The molecule has 1 heterocycles. The molecule has 3 aromatic rings. The Labute approximate surface area is 240 Å². The van der Waals surface area contributed by atoms with E-state index < -0.39 is 74.4 Å². The molecule has 1 saturated heterocycles. The van der Waals surface area contributed by atoms with Crippen molar-refractivity contribution in [1.29, 1.82) is 0 Å². The minimum absolute atomic E-state index is 0.0386. The third-order valence-corrected chi connectivity index (χ3v) is 8.60. The number of allylic oxidation sites excluding steroid dienone is 3. The highest BCUT2D eigenvalue weighted by Crippen LogP contribution is 2.61. The third kappa shape index (κ3) is 4.11. The maximum absolute atomic E-state index is 14.8. The number of phenolic OH excluding ortho intramolecular Hbond substituents is 1. The van der Waals surface area contributed by atoms with E-state index >= 15 is 0 Å². The fourth-order valence-corrected chi connectivity index (χ4v) is 5.98. The largest absolute Gasteiger partial charge is 0.508 e. The summed E-state index contributed by atoms with van der Waals surface area (Å²) in [6, 6.07) is 13.2. The van der Waals surface area contributed by atoms with Crippen LogP contribution in [-0.4, -0.2) is 26.7 Å². The number of amides is 2. The number of alkyl halides is 2. The summed E-state index contributed by atoms with van der Waals surface area (Å²) in [6.45, 7) is 3.84. The molecule has 0 radical (unpaired) electrons.